The van der Waals surface area contributed by atoms with Gasteiger partial charge in [0.05, 0.1) is 5.69 Å². The van der Waals surface area contributed by atoms with Gasteiger partial charge in [-0.25, -0.2) is 0 Å². The number of hydrogen-bond acceptors (Lipinski definition) is 3. The van der Waals surface area contributed by atoms with Gasteiger partial charge in [-0.2, -0.15) is 5.10 Å². The molecule has 0 radical (unpaired) electrons. The van der Waals surface area contributed by atoms with Crippen molar-refractivity contribution in [2.45, 2.75) is 33.4 Å². The van der Waals surface area contributed by atoms with E-state index in [4.69, 9.17) is 0 Å². The Morgan fingerprint density at radius 3 is 2.72 bits per heavy atom. The van der Waals surface area contributed by atoms with Crippen LogP contribution >= 0.6 is 0 Å². The lowest BCUT2D eigenvalue weighted by molar-refractivity contribution is 0.230. The van der Waals surface area contributed by atoms with Crippen molar-refractivity contribution in [1.29, 1.82) is 0 Å². The predicted molar refractivity (Wildman–Crippen MR) is 72.4 cm³/mol. The summed E-state index contributed by atoms with van der Waals surface area (Å²) in [4.78, 5) is 2.65. The third kappa shape index (κ3) is 1.79. The van der Waals surface area contributed by atoms with Crippen LogP contribution in [-0.2, 0) is 13.6 Å². The van der Waals surface area contributed by atoms with E-state index in [2.05, 4.69) is 36.1 Å². The molecule has 1 aromatic rings. The molecule has 0 bridgehead atoms. The van der Waals surface area contributed by atoms with Crippen LogP contribution in [0.15, 0.2) is 0 Å². The molecule has 0 amide bonds. The first kappa shape index (κ1) is 12.2. The van der Waals surface area contributed by atoms with Gasteiger partial charge in [-0.05, 0) is 45.7 Å². The number of rotatable bonds is 2. The third-order valence-corrected chi connectivity index (χ3v) is 5.08. The lowest BCUT2D eigenvalue weighted by atomic mass is 9.95. The summed E-state index contributed by atoms with van der Waals surface area (Å²) in [5.74, 6) is 1.71. The minimum atomic E-state index is 0.698. The van der Waals surface area contributed by atoms with Crippen LogP contribution in [0.1, 0.15) is 23.9 Å². The topological polar surface area (TPSA) is 33.1 Å². The molecule has 0 spiro atoms. The molecule has 4 nitrogen and oxygen atoms in total. The minimum absolute atomic E-state index is 0.698. The van der Waals surface area contributed by atoms with Crippen LogP contribution in [-0.4, -0.2) is 40.4 Å². The van der Waals surface area contributed by atoms with Gasteiger partial charge in [0.1, 0.15) is 0 Å². The van der Waals surface area contributed by atoms with Crippen LogP contribution in [0, 0.1) is 25.7 Å². The number of nitrogens with zero attached hydrogens (tertiary/aromatic N) is 3. The van der Waals surface area contributed by atoms with Crippen molar-refractivity contribution < 1.29 is 0 Å². The molecule has 0 aliphatic carbocycles. The molecule has 3 atom stereocenters. The highest BCUT2D eigenvalue weighted by molar-refractivity contribution is 5.24. The molecule has 18 heavy (non-hydrogen) atoms. The van der Waals surface area contributed by atoms with Gasteiger partial charge in [0.25, 0.3) is 0 Å². The molecule has 4 heteroatoms. The normalized spacial score (nSPS) is 32.1. The van der Waals surface area contributed by atoms with E-state index in [0.717, 1.165) is 18.4 Å². The summed E-state index contributed by atoms with van der Waals surface area (Å²) in [6.07, 6.45) is 0. The SMILES string of the molecule is Cc1nn(C)c(C)c1CN1CC2CNCC2C1C. The largest absolute Gasteiger partial charge is 0.316 e. The fourth-order valence-corrected chi connectivity index (χ4v) is 3.71. The van der Waals surface area contributed by atoms with Gasteiger partial charge in [-0.15, -0.1) is 0 Å². The molecule has 3 rings (SSSR count). The second-order valence-electron chi connectivity index (χ2n) is 6.03. The van der Waals surface area contributed by atoms with Crippen LogP contribution in [0.4, 0.5) is 0 Å². The van der Waals surface area contributed by atoms with Crippen LogP contribution in [0.2, 0.25) is 0 Å². The zero-order chi connectivity index (χ0) is 12.9. The summed E-state index contributed by atoms with van der Waals surface area (Å²) in [5.41, 5.74) is 3.93. The van der Waals surface area contributed by atoms with E-state index in [1.807, 2.05) is 11.7 Å². The van der Waals surface area contributed by atoms with Crippen LogP contribution < -0.4 is 5.32 Å². The molecule has 3 heterocycles. The fraction of sp³-hybridized carbons (Fsp3) is 0.786. The van der Waals surface area contributed by atoms with Crippen molar-refractivity contribution in [3.8, 4) is 0 Å². The minimum Gasteiger partial charge on any atom is -0.316 e. The summed E-state index contributed by atoms with van der Waals surface area (Å²) < 4.78 is 2.01. The molecule has 2 fully saturated rings. The Hall–Kier alpha value is -0.870. The average Bonchev–Trinajstić information content (AvgIpc) is 2.94. The second kappa shape index (κ2) is 4.35. The molecule has 2 aliphatic heterocycles. The van der Waals surface area contributed by atoms with Gasteiger partial charge in [0.2, 0.25) is 0 Å². The first-order valence-electron chi connectivity index (χ1n) is 7.01. The van der Waals surface area contributed by atoms with E-state index in [1.165, 1.54) is 36.6 Å². The molecule has 100 valence electrons. The third-order valence-electron chi connectivity index (χ3n) is 5.08. The molecular formula is C14H24N4. The summed E-state index contributed by atoms with van der Waals surface area (Å²) in [6.45, 7) is 11.4. The first-order chi connectivity index (χ1) is 8.58. The van der Waals surface area contributed by atoms with Crippen molar-refractivity contribution in [3.63, 3.8) is 0 Å². The van der Waals surface area contributed by atoms with Gasteiger partial charge in [0, 0.05) is 37.4 Å². The Morgan fingerprint density at radius 1 is 1.33 bits per heavy atom. The zero-order valence-electron chi connectivity index (χ0n) is 11.9. The van der Waals surface area contributed by atoms with E-state index in [9.17, 15) is 0 Å². The lowest BCUT2D eigenvalue weighted by Gasteiger charge is -2.24. The Morgan fingerprint density at radius 2 is 2.11 bits per heavy atom. The van der Waals surface area contributed by atoms with Gasteiger partial charge in [-0.3, -0.25) is 9.58 Å². The van der Waals surface area contributed by atoms with Gasteiger partial charge in [0.15, 0.2) is 0 Å². The Balaban J connectivity index is 1.77. The Labute approximate surface area is 109 Å². The highest BCUT2D eigenvalue weighted by atomic mass is 15.3. The zero-order valence-corrected chi connectivity index (χ0v) is 11.9. The van der Waals surface area contributed by atoms with Crippen molar-refractivity contribution in [3.05, 3.63) is 17.0 Å². The quantitative estimate of drug-likeness (QED) is 0.850. The summed E-state index contributed by atoms with van der Waals surface area (Å²) in [7, 11) is 2.04. The first-order valence-corrected chi connectivity index (χ1v) is 7.01. The Bertz CT molecular complexity index is 451. The maximum absolute atomic E-state index is 4.53. The lowest BCUT2D eigenvalue weighted by Crippen LogP contribution is -2.33. The number of aromatic nitrogens is 2. The molecular weight excluding hydrogens is 224 g/mol. The fourth-order valence-electron chi connectivity index (χ4n) is 3.71. The monoisotopic (exact) mass is 248 g/mol. The molecule has 3 unspecified atom stereocenters. The maximum Gasteiger partial charge on any atom is 0.0641 e. The second-order valence-corrected chi connectivity index (χ2v) is 6.03. The highest BCUT2D eigenvalue weighted by Gasteiger charge is 2.41. The van der Waals surface area contributed by atoms with Crippen molar-refractivity contribution in [2.75, 3.05) is 19.6 Å². The predicted octanol–water partition coefficient (Wildman–Crippen LogP) is 1.08. The highest BCUT2D eigenvalue weighted by Crippen LogP contribution is 2.33. The molecule has 0 saturated carbocycles. The van der Waals surface area contributed by atoms with Crippen LogP contribution in [0.3, 0.4) is 0 Å². The average molecular weight is 248 g/mol. The molecule has 2 aliphatic rings. The molecule has 2 saturated heterocycles. The number of hydrogen-bond donors (Lipinski definition) is 1. The number of aryl methyl sites for hydroxylation is 2. The molecule has 1 N–H and O–H groups in total. The van der Waals surface area contributed by atoms with E-state index < -0.39 is 0 Å². The summed E-state index contributed by atoms with van der Waals surface area (Å²) >= 11 is 0. The summed E-state index contributed by atoms with van der Waals surface area (Å²) in [6, 6.07) is 0.698. The van der Waals surface area contributed by atoms with Gasteiger partial charge >= 0.3 is 0 Å². The maximum atomic E-state index is 4.53. The number of likely N-dealkylation sites (tertiary alicyclic amines) is 1. The van der Waals surface area contributed by atoms with Gasteiger partial charge < -0.3 is 5.32 Å². The van der Waals surface area contributed by atoms with Crippen molar-refractivity contribution in [1.82, 2.24) is 20.0 Å². The van der Waals surface area contributed by atoms with Crippen LogP contribution in [0.5, 0.6) is 0 Å². The molecule has 1 aromatic heterocycles. The number of nitrogens with one attached hydrogen (secondary N) is 1. The standard InChI is InChI=1S/C14H24N4/c1-9-14(10(2)17(4)16-9)8-18-7-12-5-15-6-13(12)11(18)3/h11-13,15H,5-8H2,1-4H3. The van der Waals surface area contributed by atoms with Gasteiger partial charge in [-0.1, -0.05) is 0 Å². The van der Waals surface area contributed by atoms with E-state index in [1.54, 1.807) is 0 Å². The van der Waals surface area contributed by atoms with Crippen molar-refractivity contribution >= 4 is 0 Å². The van der Waals surface area contributed by atoms with Crippen LogP contribution in [0.25, 0.3) is 0 Å². The smallest absolute Gasteiger partial charge is 0.0641 e. The molecule has 0 aromatic carbocycles. The van der Waals surface area contributed by atoms with E-state index in [-0.39, 0.29) is 0 Å². The summed E-state index contributed by atoms with van der Waals surface area (Å²) in [5, 5.41) is 8.05. The number of fused-ring (bicyclic) bond motifs is 1. The van der Waals surface area contributed by atoms with E-state index in [0.29, 0.717) is 6.04 Å². The Kier molecular flexibility index (Phi) is 2.94. The van der Waals surface area contributed by atoms with Crippen molar-refractivity contribution in [2.24, 2.45) is 18.9 Å². The van der Waals surface area contributed by atoms with E-state index >= 15 is 0 Å².